The summed E-state index contributed by atoms with van der Waals surface area (Å²) in [4.78, 5) is 10.4. The number of carbonyl (C=O) groups excluding carboxylic acids is 1. The van der Waals surface area contributed by atoms with Crippen molar-refractivity contribution < 1.29 is 4.79 Å². The molecule has 1 heterocycles. The highest BCUT2D eigenvalue weighted by atomic mass is 32.1. The Kier molecular flexibility index (Phi) is 1.29. The van der Waals surface area contributed by atoms with Crippen LogP contribution in [-0.2, 0) is 0 Å². The Bertz CT molecular complexity index is 182. The third kappa shape index (κ3) is 0.865. The molecule has 0 saturated heterocycles. The molecule has 0 saturated carbocycles. The Morgan fingerprint density at radius 2 is 2.50 bits per heavy atom. The molecule has 0 aliphatic heterocycles. The van der Waals surface area contributed by atoms with E-state index < -0.39 is 0 Å². The first kappa shape index (κ1) is 5.30. The van der Waals surface area contributed by atoms with Gasteiger partial charge in [-0.2, -0.15) is 0 Å². The molecular weight excluding hydrogens is 126 g/mol. The Labute approximate surface area is 49.7 Å². The Morgan fingerprint density at radius 3 is 2.75 bits per heavy atom. The number of nitrogens with zero attached hydrogens (tertiary/aromatic N) is 3. The van der Waals surface area contributed by atoms with Gasteiger partial charge in [0.25, 0.3) is 0 Å². The van der Waals surface area contributed by atoms with E-state index in [9.17, 15) is 4.79 Å². The molecule has 0 bridgehead atoms. The molecule has 42 valence electrons. The monoisotopic (exact) mass is 129 g/mol. The smallest absolute Gasteiger partial charge is 0.203 e. The zero-order chi connectivity index (χ0) is 5.98. The van der Waals surface area contributed by atoms with Crippen LogP contribution >= 0.6 is 11.5 Å². The molecule has 0 atom stereocenters. The molecule has 4 nitrogen and oxygen atoms in total. The molecule has 0 amide bonds. The normalized spacial score (nSPS) is 9.12. The van der Waals surface area contributed by atoms with Crippen LogP contribution < -0.4 is 0 Å². The van der Waals surface area contributed by atoms with Crippen LogP contribution in [-0.4, -0.2) is 20.6 Å². The molecule has 0 spiro atoms. The maximum atomic E-state index is 10.4. The third-order valence-electron chi connectivity index (χ3n) is 0.601. The van der Waals surface area contributed by atoms with Crippen molar-refractivity contribution in [2.75, 3.05) is 0 Å². The summed E-state index contributed by atoms with van der Waals surface area (Å²) < 4.78 is 3.40. The molecule has 1 aromatic heterocycles. The SMILES string of the molecule is CC(=O)c1nnns1. The van der Waals surface area contributed by atoms with Gasteiger partial charge in [-0.15, -0.1) is 5.10 Å². The maximum Gasteiger partial charge on any atom is 0.203 e. The second-order valence-corrected chi connectivity index (χ2v) is 1.96. The first-order valence-electron chi connectivity index (χ1n) is 1.96. The fraction of sp³-hybridized carbons (Fsp3) is 0.333. The van der Waals surface area contributed by atoms with E-state index in [1.807, 2.05) is 0 Å². The van der Waals surface area contributed by atoms with Crippen LogP contribution in [0.3, 0.4) is 0 Å². The Morgan fingerprint density at radius 1 is 1.75 bits per heavy atom. The van der Waals surface area contributed by atoms with E-state index in [0.29, 0.717) is 5.01 Å². The molecule has 8 heavy (non-hydrogen) atoms. The maximum absolute atomic E-state index is 10.4. The first-order chi connectivity index (χ1) is 3.80. The van der Waals surface area contributed by atoms with Crippen molar-refractivity contribution in [2.24, 2.45) is 0 Å². The van der Waals surface area contributed by atoms with Gasteiger partial charge in [-0.05, 0) is 5.21 Å². The van der Waals surface area contributed by atoms with Gasteiger partial charge in [-0.25, -0.2) is 0 Å². The van der Waals surface area contributed by atoms with E-state index in [4.69, 9.17) is 0 Å². The second-order valence-electron chi connectivity index (χ2n) is 1.22. The number of rotatable bonds is 1. The quantitative estimate of drug-likeness (QED) is 0.506. The van der Waals surface area contributed by atoms with Gasteiger partial charge in [0.15, 0.2) is 5.78 Å². The lowest BCUT2D eigenvalue weighted by molar-refractivity contribution is 0.101. The molecular formula is C3H3N3OS. The van der Waals surface area contributed by atoms with Gasteiger partial charge in [0.1, 0.15) is 0 Å². The fourth-order valence-corrected chi connectivity index (χ4v) is 0.621. The largest absolute Gasteiger partial charge is 0.292 e. The number of hydrogen-bond acceptors (Lipinski definition) is 5. The van der Waals surface area contributed by atoms with Crippen molar-refractivity contribution in [3.05, 3.63) is 5.01 Å². The van der Waals surface area contributed by atoms with Gasteiger partial charge in [0, 0.05) is 18.5 Å². The van der Waals surface area contributed by atoms with Crippen molar-refractivity contribution >= 4 is 17.3 Å². The minimum absolute atomic E-state index is 0.0833. The van der Waals surface area contributed by atoms with Gasteiger partial charge in [-0.1, -0.05) is 4.49 Å². The summed E-state index contributed by atoms with van der Waals surface area (Å²) in [5.74, 6) is -0.0833. The van der Waals surface area contributed by atoms with E-state index in [2.05, 4.69) is 14.8 Å². The molecule has 0 aromatic carbocycles. The van der Waals surface area contributed by atoms with Crippen LogP contribution in [0.1, 0.15) is 16.7 Å². The van der Waals surface area contributed by atoms with E-state index in [1.165, 1.54) is 6.92 Å². The third-order valence-corrected chi connectivity index (χ3v) is 1.30. The summed E-state index contributed by atoms with van der Waals surface area (Å²) in [6.45, 7) is 1.43. The van der Waals surface area contributed by atoms with Gasteiger partial charge in [0.2, 0.25) is 5.01 Å². The summed E-state index contributed by atoms with van der Waals surface area (Å²) >= 11 is 1.01. The predicted octanol–water partition coefficient (Wildman–Crippen LogP) is 0.136. The van der Waals surface area contributed by atoms with E-state index in [0.717, 1.165) is 11.5 Å². The molecule has 0 aliphatic rings. The number of carbonyl (C=O) groups is 1. The summed E-state index contributed by atoms with van der Waals surface area (Å²) in [5.41, 5.74) is 0. The summed E-state index contributed by atoms with van der Waals surface area (Å²) in [6.07, 6.45) is 0. The Balaban J connectivity index is 2.93. The minimum atomic E-state index is -0.0833. The highest BCUT2D eigenvalue weighted by Crippen LogP contribution is 1.96. The van der Waals surface area contributed by atoms with Crippen LogP contribution in [0.25, 0.3) is 0 Å². The lowest BCUT2D eigenvalue weighted by atomic mass is 10.5. The van der Waals surface area contributed by atoms with Crippen LogP contribution in [0.2, 0.25) is 0 Å². The molecule has 1 aromatic rings. The zero-order valence-electron chi connectivity index (χ0n) is 4.16. The van der Waals surface area contributed by atoms with Crippen molar-refractivity contribution in [3.63, 3.8) is 0 Å². The number of ketones is 1. The van der Waals surface area contributed by atoms with Gasteiger partial charge < -0.3 is 0 Å². The lowest BCUT2D eigenvalue weighted by Crippen LogP contribution is -1.88. The zero-order valence-corrected chi connectivity index (χ0v) is 4.97. The summed E-state index contributed by atoms with van der Waals surface area (Å²) in [7, 11) is 0. The predicted molar refractivity (Wildman–Crippen MR) is 27.7 cm³/mol. The van der Waals surface area contributed by atoms with E-state index in [-0.39, 0.29) is 5.78 Å². The van der Waals surface area contributed by atoms with Gasteiger partial charge >= 0.3 is 0 Å². The van der Waals surface area contributed by atoms with Crippen LogP contribution in [0.4, 0.5) is 0 Å². The fourth-order valence-electron chi connectivity index (χ4n) is 0.269. The summed E-state index contributed by atoms with van der Waals surface area (Å²) in [6, 6.07) is 0. The average molecular weight is 129 g/mol. The molecule has 1 rings (SSSR count). The highest BCUT2D eigenvalue weighted by molar-refractivity contribution is 7.07. The molecule has 0 radical (unpaired) electrons. The number of hydrogen-bond donors (Lipinski definition) is 0. The molecule has 0 unspecified atom stereocenters. The lowest BCUT2D eigenvalue weighted by Gasteiger charge is -1.73. The molecule has 0 aliphatic carbocycles. The van der Waals surface area contributed by atoms with Crippen LogP contribution in [0.5, 0.6) is 0 Å². The average Bonchev–Trinajstić information content (AvgIpc) is 2.12. The van der Waals surface area contributed by atoms with Crippen molar-refractivity contribution in [2.45, 2.75) is 6.92 Å². The van der Waals surface area contributed by atoms with Crippen LogP contribution in [0, 0.1) is 0 Å². The topological polar surface area (TPSA) is 55.7 Å². The summed E-state index contributed by atoms with van der Waals surface area (Å²) in [5, 5.41) is 7.03. The van der Waals surface area contributed by atoms with E-state index >= 15 is 0 Å². The minimum Gasteiger partial charge on any atom is -0.292 e. The highest BCUT2D eigenvalue weighted by Gasteiger charge is 2.01. The molecule has 0 fully saturated rings. The second kappa shape index (κ2) is 1.95. The van der Waals surface area contributed by atoms with Gasteiger partial charge in [0.05, 0.1) is 0 Å². The molecule has 0 N–H and O–H groups in total. The van der Waals surface area contributed by atoms with Crippen molar-refractivity contribution in [3.8, 4) is 0 Å². The van der Waals surface area contributed by atoms with Gasteiger partial charge in [-0.3, -0.25) is 4.79 Å². The first-order valence-corrected chi connectivity index (χ1v) is 2.74. The Hall–Kier alpha value is -0.840. The van der Waals surface area contributed by atoms with E-state index in [1.54, 1.807) is 0 Å². The van der Waals surface area contributed by atoms with Crippen LogP contribution in [0.15, 0.2) is 0 Å². The number of Topliss-reactive ketones (excluding diaryl/α,β-unsaturated/α-hetero) is 1. The standard InChI is InChI=1S/C3H3N3OS/c1-2(7)3-4-5-6-8-3/h1H3. The van der Waals surface area contributed by atoms with Crippen molar-refractivity contribution in [1.82, 2.24) is 14.8 Å². The van der Waals surface area contributed by atoms with Crippen molar-refractivity contribution in [1.29, 1.82) is 0 Å². The molecule has 5 heteroatoms. The number of aromatic nitrogens is 3.